The number of ether oxygens (including phenoxy) is 4. The second-order valence-corrected chi connectivity index (χ2v) is 13.0. The van der Waals surface area contributed by atoms with Gasteiger partial charge in [0.25, 0.3) is 10.1 Å². The number of hydrogen-bond acceptors (Lipinski definition) is 8. The Morgan fingerprint density at radius 1 is 0.786 bits per heavy atom. The molecule has 218 valence electrons. The van der Waals surface area contributed by atoms with Crippen molar-refractivity contribution in [2.45, 2.75) is 59.5 Å². The second kappa shape index (κ2) is 13.1. The topological polar surface area (TPSA) is 80.3 Å². The molecule has 9 heteroatoms. The molecule has 4 aromatic rings. The fraction of sp³-hybridized carbons (Fsp3) is 0.273. The molecule has 2 fully saturated rings. The molecule has 2 aliphatic rings. The smallest absolute Gasteiger partial charge is 0.297 e. The van der Waals surface area contributed by atoms with Crippen LogP contribution in [-0.2, 0) is 39.9 Å². The molecule has 0 radical (unpaired) electrons. The SMILES string of the molecule is Cc1ccc(S(=O)(=O)O[C@H]2[C@@H](OCc3ccccc3)[C@@H]3OC(c4ccccc4)OC[C@H]3O[C@@H]2Sc2ccccc2)cc1. The summed E-state index contributed by atoms with van der Waals surface area (Å²) in [5.41, 5.74) is 2.01. The number of aryl methyl sites for hydroxylation is 1. The quantitative estimate of drug-likeness (QED) is 0.207. The summed E-state index contributed by atoms with van der Waals surface area (Å²) < 4.78 is 59.0. The van der Waals surface area contributed by atoms with Crippen molar-refractivity contribution in [2.24, 2.45) is 0 Å². The van der Waals surface area contributed by atoms with Crippen molar-refractivity contribution in [3.63, 3.8) is 0 Å². The Labute approximate surface area is 250 Å². The first-order valence-electron chi connectivity index (χ1n) is 13.8. The summed E-state index contributed by atoms with van der Waals surface area (Å²) in [6.45, 7) is 2.39. The first-order chi connectivity index (χ1) is 20.5. The van der Waals surface area contributed by atoms with Crippen molar-refractivity contribution in [1.29, 1.82) is 0 Å². The summed E-state index contributed by atoms with van der Waals surface area (Å²) >= 11 is 1.39. The summed E-state index contributed by atoms with van der Waals surface area (Å²) in [5.74, 6) is 0. The highest BCUT2D eigenvalue weighted by molar-refractivity contribution is 7.99. The average molecular weight is 605 g/mol. The molecule has 6 rings (SSSR count). The third kappa shape index (κ3) is 6.79. The molecule has 2 aliphatic heterocycles. The molecule has 0 amide bonds. The predicted molar refractivity (Wildman–Crippen MR) is 159 cm³/mol. The molecule has 6 atom stereocenters. The summed E-state index contributed by atoms with van der Waals surface area (Å²) in [4.78, 5) is 0.972. The summed E-state index contributed by atoms with van der Waals surface area (Å²) in [7, 11) is -4.18. The number of thioether (sulfide) groups is 1. The Morgan fingerprint density at radius 2 is 1.43 bits per heavy atom. The summed E-state index contributed by atoms with van der Waals surface area (Å²) in [6, 6.07) is 35.6. The van der Waals surface area contributed by atoms with Gasteiger partial charge in [-0.15, -0.1) is 0 Å². The van der Waals surface area contributed by atoms with Crippen molar-refractivity contribution < 1.29 is 31.5 Å². The molecule has 1 unspecified atom stereocenters. The van der Waals surface area contributed by atoms with Gasteiger partial charge in [0.15, 0.2) is 6.29 Å². The minimum Gasteiger partial charge on any atom is -0.368 e. The molecule has 0 saturated carbocycles. The Morgan fingerprint density at radius 3 is 2.12 bits per heavy atom. The van der Waals surface area contributed by atoms with Crippen LogP contribution in [0, 0.1) is 6.92 Å². The van der Waals surface area contributed by atoms with Crippen LogP contribution < -0.4 is 0 Å². The molecular formula is C33H32O7S2. The second-order valence-electron chi connectivity index (χ2n) is 10.2. The van der Waals surface area contributed by atoms with E-state index in [2.05, 4.69) is 0 Å². The highest BCUT2D eigenvalue weighted by atomic mass is 32.2. The zero-order valence-electron chi connectivity index (χ0n) is 23.0. The average Bonchev–Trinajstić information content (AvgIpc) is 3.02. The predicted octanol–water partition coefficient (Wildman–Crippen LogP) is 6.29. The maximum Gasteiger partial charge on any atom is 0.297 e. The van der Waals surface area contributed by atoms with E-state index < -0.39 is 46.3 Å². The van der Waals surface area contributed by atoms with E-state index in [0.717, 1.165) is 21.6 Å². The van der Waals surface area contributed by atoms with Crippen molar-refractivity contribution in [3.05, 3.63) is 132 Å². The van der Waals surface area contributed by atoms with Gasteiger partial charge in [0.05, 0.1) is 18.1 Å². The van der Waals surface area contributed by atoms with E-state index in [0.29, 0.717) is 0 Å². The van der Waals surface area contributed by atoms with Crippen LogP contribution in [0.5, 0.6) is 0 Å². The lowest BCUT2D eigenvalue weighted by Gasteiger charge is -2.48. The maximum atomic E-state index is 13.7. The number of fused-ring (bicyclic) bond motifs is 1. The minimum absolute atomic E-state index is 0.0653. The molecule has 0 aromatic heterocycles. The van der Waals surface area contributed by atoms with Crippen molar-refractivity contribution in [3.8, 4) is 0 Å². The fourth-order valence-corrected chi connectivity index (χ4v) is 7.30. The molecule has 0 aliphatic carbocycles. The van der Waals surface area contributed by atoms with E-state index in [1.165, 1.54) is 11.8 Å². The first kappa shape index (κ1) is 29.1. The van der Waals surface area contributed by atoms with Crippen molar-refractivity contribution in [2.75, 3.05) is 6.61 Å². The van der Waals surface area contributed by atoms with Gasteiger partial charge in [-0.2, -0.15) is 8.42 Å². The van der Waals surface area contributed by atoms with E-state index in [-0.39, 0.29) is 18.1 Å². The monoisotopic (exact) mass is 604 g/mol. The van der Waals surface area contributed by atoms with Crippen LogP contribution in [0.4, 0.5) is 0 Å². The van der Waals surface area contributed by atoms with Crippen LogP contribution >= 0.6 is 11.8 Å². The Hall–Kier alpha value is -3.02. The van der Waals surface area contributed by atoms with Gasteiger partial charge in [0.1, 0.15) is 29.9 Å². The van der Waals surface area contributed by atoms with Gasteiger partial charge in [-0.05, 0) is 36.8 Å². The zero-order valence-corrected chi connectivity index (χ0v) is 24.7. The molecule has 2 heterocycles. The van der Waals surface area contributed by atoms with E-state index in [1.807, 2.05) is 97.9 Å². The van der Waals surface area contributed by atoms with Crippen LogP contribution in [0.3, 0.4) is 0 Å². The number of benzene rings is 4. The molecule has 0 N–H and O–H groups in total. The normalized spacial score (nSPS) is 25.9. The largest absolute Gasteiger partial charge is 0.368 e. The number of hydrogen-bond donors (Lipinski definition) is 0. The molecular weight excluding hydrogens is 572 g/mol. The van der Waals surface area contributed by atoms with Gasteiger partial charge in [-0.1, -0.05) is 108 Å². The highest BCUT2D eigenvalue weighted by Gasteiger charge is 2.53. The van der Waals surface area contributed by atoms with Gasteiger partial charge >= 0.3 is 0 Å². The molecule has 2 saturated heterocycles. The van der Waals surface area contributed by atoms with E-state index in [4.69, 9.17) is 23.1 Å². The third-order valence-electron chi connectivity index (χ3n) is 7.18. The molecule has 4 aromatic carbocycles. The van der Waals surface area contributed by atoms with Gasteiger partial charge in [0, 0.05) is 10.5 Å². The first-order valence-corrected chi connectivity index (χ1v) is 16.1. The lowest BCUT2D eigenvalue weighted by molar-refractivity contribution is -0.322. The van der Waals surface area contributed by atoms with E-state index in [1.54, 1.807) is 24.3 Å². The van der Waals surface area contributed by atoms with E-state index in [9.17, 15) is 8.42 Å². The molecule has 0 spiro atoms. The lowest BCUT2D eigenvalue weighted by atomic mass is 9.98. The van der Waals surface area contributed by atoms with Gasteiger partial charge < -0.3 is 18.9 Å². The number of rotatable bonds is 9. The Bertz CT molecular complexity index is 1530. The van der Waals surface area contributed by atoms with Gasteiger partial charge in [0.2, 0.25) is 0 Å². The summed E-state index contributed by atoms with van der Waals surface area (Å²) in [5, 5.41) is 0. The van der Waals surface area contributed by atoms with Crippen LogP contribution in [0.15, 0.2) is 125 Å². The van der Waals surface area contributed by atoms with Gasteiger partial charge in [-0.3, -0.25) is 4.18 Å². The Balaban J connectivity index is 1.36. The zero-order chi connectivity index (χ0) is 28.9. The molecule has 0 bridgehead atoms. The molecule has 7 nitrogen and oxygen atoms in total. The lowest BCUT2D eigenvalue weighted by Crippen LogP contribution is -2.62. The fourth-order valence-electron chi connectivity index (χ4n) is 5.02. The maximum absolute atomic E-state index is 13.7. The van der Waals surface area contributed by atoms with Gasteiger partial charge in [-0.25, -0.2) is 0 Å². The van der Waals surface area contributed by atoms with Crippen LogP contribution in [0.1, 0.15) is 23.0 Å². The van der Waals surface area contributed by atoms with Crippen molar-refractivity contribution >= 4 is 21.9 Å². The third-order valence-corrected chi connectivity index (χ3v) is 9.66. The van der Waals surface area contributed by atoms with Crippen LogP contribution in [0.2, 0.25) is 0 Å². The standard InChI is InChI=1S/C33H32O7S2/c1-23-17-19-27(20-18-23)42(34,35)40-31-30(36-21-24-11-5-2-6-12-24)29-28(38-33(31)41-26-15-9-4-10-16-26)22-37-32(39-29)25-13-7-3-8-14-25/h2-20,28-33H,21-22H2,1H3/t28-,29-,30+,31+,32?,33-/m1/s1. The van der Waals surface area contributed by atoms with E-state index >= 15 is 0 Å². The van der Waals surface area contributed by atoms with Crippen LogP contribution in [-0.4, -0.2) is 44.9 Å². The summed E-state index contributed by atoms with van der Waals surface area (Å²) in [6.07, 6.45) is -3.64. The van der Waals surface area contributed by atoms with Crippen LogP contribution in [0.25, 0.3) is 0 Å². The highest BCUT2D eigenvalue weighted by Crippen LogP contribution is 2.42. The minimum atomic E-state index is -4.18. The van der Waals surface area contributed by atoms with Crippen molar-refractivity contribution in [1.82, 2.24) is 0 Å². The molecule has 42 heavy (non-hydrogen) atoms. The Kier molecular flexibility index (Phi) is 9.06.